The zero-order valence-electron chi connectivity index (χ0n) is 10.7. The van der Waals surface area contributed by atoms with Crippen LogP contribution in [0.15, 0.2) is 0 Å². The average Bonchev–Trinajstić information content (AvgIpc) is 2.86. The summed E-state index contributed by atoms with van der Waals surface area (Å²) in [6.45, 7) is 0.625. The third kappa shape index (κ3) is 4.31. The lowest BCUT2D eigenvalue weighted by molar-refractivity contribution is -0.181. The molecule has 0 bridgehead atoms. The van der Waals surface area contributed by atoms with E-state index in [0.29, 0.717) is 0 Å². The molecule has 1 amide bonds. The van der Waals surface area contributed by atoms with Crippen molar-refractivity contribution in [2.45, 2.75) is 31.2 Å². The Labute approximate surface area is 109 Å². The van der Waals surface area contributed by atoms with Crippen LogP contribution in [0.1, 0.15) is 12.8 Å². The molecule has 0 aromatic rings. The topological polar surface area (TPSA) is 41.6 Å². The second kappa shape index (κ2) is 7.04. The van der Waals surface area contributed by atoms with Gasteiger partial charge in [0.05, 0.1) is 6.61 Å². The molecule has 1 aliphatic heterocycles. The van der Waals surface area contributed by atoms with Crippen LogP contribution in [0.25, 0.3) is 0 Å². The number of carbonyl (C=O) groups is 1. The number of nitrogens with zero attached hydrogens (tertiary/aromatic N) is 1. The number of amides is 1. The van der Waals surface area contributed by atoms with Gasteiger partial charge in [0.15, 0.2) is 0 Å². The highest BCUT2D eigenvalue weighted by Crippen LogP contribution is 2.25. The normalized spacial score (nSPS) is 20.0. The van der Waals surface area contributed by atoms with Gasteiger partial charge < -0.3 is 15.0 Å². The van der Waals surface area contributed by atoms with Crippen LogP contribution in [0.3, 0.4) is 0 Å². The molecule has 1 unspecified atom stereocenters. The van der Waals surface area contributed by atoms with Gasteiger partial charge in [-0.1, -0.05) is 0 Å². The van der Waals surface area contributed by atoms with E-state index in [1.54, 1.807) is 0 Å². The maximum Gasteiger partial charge on any atom is 0.383 e. The maximum atomic E-state index is 13.1. The standard InChI is InChI=1S/C11H18F4N2O2/c1-19-6-5-17(7-8-3-2-4-16-8)10(18)11(14,15)9(12)13/h8-9,16H,2-7H2,1H3. The summed E-state index contributed by atoms with van der Waals surface area (Å²) >= 11 is 0. The van der Waals surface area contributed by atoms with Crippen molar-refractivity contribution < 1.29 is 27.1 Å². The van der Waals surface area contributed by atoms with Gasteiger partial charge in [-0.15, -0.1) is 0 Å². The summed E-state index contributed by atoms with van der Waals surface area (Å²) in [4.78, 5) is 12.3. The van der Waals surface area contributed by atoms with E-state index in [1.165, 1.54) is 7.11 Å². The van der Waals surface area contributed by atoms with E-state index in [4.69, 9.17) is 4.74 Å². The smallest absolute Gasteiger partial charge is 0.383 e. The van der Waals surface area contributed by atoms with Gasteiger partial charge in [0.25, 0.3) is 5.91 Å². The Bertz CT molecular complexity index is 296. The first-order valence-corrected chi connectivity index (χ1v) is 6.07. The fourth-order valence-corrected chi connectivity index (χ4v) is 1.96. The Morgan fingerprint density at radius 1 is 1.53 bits per heavy atom. The lowest BCUT2D eigenvalue weighted by atomic mass is 10.2. The molecule has 4 nitrogen and oxygen atoms in total. The summed E-state index contributed by atoms with van der Waals surface area (Å²) in [5, 5.41) is 3.03. The van der Waals surface area contributed by atoms with Crippen molar-refractivity contribution in [3.8, 4) is 0 Å². The molecule has 0 radical (unpaired) electrons. The quantitative estimate of drug-likeness (QED) is 0.713. The molecule has 112 valence electrons. The molecule has 1 fully saturated rings. The summed E-state index contributed by atoms with van der Waals surface area (Å²) < 4.78 is 55.3. The summed E-state index contributed by atoms with van der Waals surface area (Å²) in [5.41, 5.74) is 0. The third-order valence-corrected chi connectivity index (χ3v) is 3.01. The van der Waals surface area contributed by atoms with Crippen LogP contribution in [0.5, 0.6) is 0 Å². The minimum absolute atomic E-state index is 0.00942. The lowest BCUT2D eigenvalue weighted by Crippen LogP contribution is -2.52. The molecule has 0 spiro atoms. The molecule has 1 heterocycles. The summed E-state index contributed by atoms with van der Waals surface area (Å²) in [5.74, 6) is -6.49. The lowest BCUT2D eigenvalue weighted by Gasteiger charge is -2.28. The maximum absolute atomic E-state index is 13.1. The monoisotopic (exact) mass is 286 g/mol. The van der Waals surface area contributed by atoms with Gasteiger partial charge in [-0.05, 0) is 19.4 Å². The third-order valence-electron chi connectivity index (χ3n) is 3.01. The zero-order valence-corrected chi connectivity index (χ0v) is 10.7. The number of carbonyl (C=O) groups excluding carboxylic acids is 1. The van der Waals surface area contributed by atoms with Crippen molar-refractivity contribution >= 4 is 5.91 Å². The van der Waals surface area contributed by atoms with Crippen molar-refractivity contribution in [1.82, 2.24) is 10.2 Å². The Hall–Kier alpha value is -0.890. The first-order valence-electron chi connectivity index (χ1n) is 6.07. The molecule has 1 atom stereocenters. The van der Waals surface area contributed by atoms with E-state index in [1.807, 2.05) is 0 Å². The van der Waals surface area contributed by atoms with Crippen LogP contribution in [0.4, 0.5) is 17.6 Å². The summed E-state index contributed by atoms with van der Waals surface area (Å²) in [6.07, 6.45) is -2.39. The highest BCUT2D eigenvalue weighted by atomic mass is 19.3. The first-order chi connectivity index (χ1) is 8.89. The highest BCUT2D eigenvalue weighted by Gasteiger charge is 2.51. The van der Waals surface area contributed by atoms with Gasteiger partial charge >= 0.3 is 12.3 Å². The van der Waals surface area contributed by atoms with E-state index in [9.17, 15) is 22.4 Å². The van der Waals surface area contributed by atoms with E-state index in [0.717, 1.165) is 24.3 Å². The van der Waals surface area contributed by atoms with Crippen LogP contribution in [-0.4, -0.2) is 62.5 Å². The number of methoxy groups -OCH3 is 1. The van der Waals surface area contributed by atoms with E-state index >= 15 is 0 Å². The van der Waals surface area contributed by atoms with Gasteiger partial charge in [0.1, 0.15) is 0 Å². The largest absolute Gasteiger partial charge is 0.383 e. The minimum Gasteiger partial charge on any atom is -0.383 e. The van der Waals surface area contributed by atoms with Crippen molar-refractivity contribution in [2.75, 3.05) is 33.4 Å². The van der Waals surface area contributed by atoms with Crippen LogP contribution in [-0.2, 0) is 9.53 Å². The van der Waals surface area contributed by atoms with Crippen LogP contribution in [0.2, 0.25) is 0 Å². The van der Waals surface area contributed by atoms with Crippen LogP contribution < -0.4 is 5.32 Å². The SMILES string of the molecule is COCCN(CC1CCCN1)C(=O)C(F)(F)C(F)F. The number of hydrogen-bond donors (Lipinski definition) is 1. The number of hydrogen-bond acceptors (Lipinski definition) is 3. The Morgan fingerprint density at radius 3 is 2.68 bits per heavy atom. The van der Waals surface area contributed by atoms with Gasteiger partial charge in [-0.25, -0.2) is 8.78 Å². The second-order valence-electron chi connectivity index (χ2n) is 4.46. The number of alkyl halides is 4. The Morgan fingerprint density at radius 2 is 2.21 bits per heavy atom. The predicted octanol–water partition coefficient (Wildman–Crippen LogP) is 1.11. The fourth-order valence-electron chi connectivity index (χ4n) is 1.96. The number of halogens is 4. The Kier molecular flexibility index (Phi) is 5.99. The summed E-state index contributed by atoms with van der Waals surface area (Å²) in [7, 11) is 1.35. The van der Waals surface area contributed by atoms with E-state index in [2.05, 4.69) is 5.32 Å². The van der Waals surface area contributed by atoms with Gasteiger partial charge in [-0.3, -0.25) is 4.79 Å². The average molecular weight is 286 g/mol. The van der Waals surface area contributed by atoms with E-state index < -0.39 is 18.3 Å². The molecule has 1 aliphatic rings. The number of nitrogens with one attached hydrogen (secondary N) is 1. The molecule has 0 saturated carbocycles. The van der Waals surface area contributed by atoms with Crippen molar-refractivity contribution in [2.24, 2.45) is 0 Å². The molecule has 0 aromatic heterocycles. The van der Waals surface area contributed by atoms with Crippen molar-refractivity contribution in [3.63, 3.8) is 0 Å². The predicted molar refractivity (Wildman–Crippen MR) is 60.4 cm³/mol. The zero-order chi connectivity index (χ0) is 14.5. The first kappa shape index (κ1) is 16.2. The van der Waals surface area contributed by atoms with Crippen LogP contribution in [0, 0.1) is 0 Å². The molecular formula is C11H18F4N2O2. The van der Waals surface area contributed by atoms with Gasteiger partial charge in [0.2, 0.25) is 0 Å². The molecule has 1 rings (SSSR count). The number of rotatable bonds is 7. The van der Waals surface area contributed by atoms with Crippen molar-refractivity contribution in [1.29, 1.82) is 0 Å². The van der Waals surface area contributed by atoms with Gasteiger partial charge in [-0.2, -0.15) is 8.78 Å². The van der Waals surface area contributed by atoms with Gasteiger partial charge in [0, 0.05) is 26.2 Å². The summed E-state index contributed by atoms with van der Waals surface area (Å²) in [6, 6.07) is -0.130. The molecule has 0 aliphatic carbocycles. The van der Waals surface area contributed by atoms with Crippen molar-refractivity contribution in [3.05, 3.63) is 0 Å². The minimum atomic E-state index is -4.65. The number of ether oxygens (including phenoxy) is 1. The highest BCUT2D eigenvalue weighted by molar-refractivity contribution is 5.84. The van der Waals surface area contributed by atoms with Crippen LogP contribution >= 0.6 is 0 Å². The molecule has 1 N–H and O–H groups in total. The fraction of sp³-hybridized carbons (Fsp3) is 0.909. The second-order valence-corrected chi connectivity index (χ2v) is 4.46. The molecular weight excluding hydrogens is 268 g/mol. The molecule has 0 aromatic carbocycles. The molecule has 1 saturated heterocycles. The molecule has 8 heteroatoms. The van der Waals surface area contributed by atoms with E-state index in [-0.39, 0.29) is 25.7 Å². The Balaban J connectivity index is 2.68. The molecule has 19 heavy (non-hydrogen) atoms.